The van der Waals surface area contributed by atoms with Crippen LogP contribution in [0.25, 0.3) is 43.8 Å². The lowest BCUT2D eigenvalue weighted by atomic mass is 10.0. The summed E-state index contributed by atoms with van der Waals surface area (Å²) in [6, 6.07) is 16.9. The van der Waals surface area contributed by atoms with Crippen LogP contribution in [0.1, 0.15) is 0 Å². The number of aromatic amines is 2. The highest BCUT2D eigenvalue weighted by Crippen LogP contribution is 2.35. The summed E-state index contributed by atoms with van der Waals surface area (Å²) in [6.07, 6.45) is 5.82. The molecular formula is C19H13N3. The molecule has 0 aliphatic heterocycles. The van der Waals surface area contributed by atoms with Gasteiger partial charge in [-0.25, -0.2) is 0 Å². The molecule has 22 heavy (non-hydrogen) atoms. The Labute approximate surface area is 126 Å². The predicted octanol–water partition coefficient (Wildman–Crippen LogP) is 4.86. The molecular weight excluding hydrogens is 270 g/mol. The summed E-state index contributed by atoms with van der Waals surface area (Å²) in [4.78, 5) is 11.1. The maximum Gasteiger partial charge on any atom is 0.0652 e. The van der Waals surface area contributed by atoms with Crippen molar-refractivity contribution < 1.29 is 0 Å². The van der Waals surface area contributed by atoms with E-state index in [2.05, 4.69) is 63.6 Å². The van der Waals surface area contributed by atoms with E-state index in [1.54, 1.807) is 0 Å². The third-order valence-electron chi connectivity index (χ3n) is 4.30. The van der Waals surface area contributed by atoms with Gasteiger partial charge >= 0.3 is 0 Å². The van der Waals surface area contributed by atoms with Gasteiger partial charge in [0.25, 0.3) is 0 Å². The van der Waals surface area contributed by atoms with Crippen LogP contribution in [0.15, 0.2) is 67.1 Å². The molecule has 5 rings (SSSR count). The van der Waals surface area contributed by atoms with Crippen LogP contribution in [-0.4, -0.2) is 15.0 Å². The molecule has 0 amide bonds. The molecule has 3 aromatic heterocycles. The molecule has 5 aromatic rings. The van der Waals surface area contributed by atoms with Crippen molar-refractivity contribution in [2.24, 2.45) is 0 Å². The monoisotopic (exact) mass is 283 g/mol. The third kappa shape index (κ3) is 1.48. The predicted molar refractivity (Wildman–Crippen MR) is 90.9 cm³/mol. The number of fused-ring (bicyclic) bond motifs is 5. The van der Waals surface area contributed by atoms with Crippen LogP contribution in [0.2, 0.25) is 0 Å². The van der Waals surface area contributed by atoms with Crippen LogP contribution >= 0.6 is 0 Å². The van der Waals surface area contributed by atoms with Gasteiger partial charge in [-0.15, -0.1) is 0 Å². The van der Waals surface area contributed by atoms with Crippen molar-refractivity contribution in [2.45, 2.75) is 0 Å². The van der Waals surface area contributed by atoms with E-state index >= 15 is 0 Å². The van der Waals surface area contributed by atoms with Gasteiger partial charge in [0.2, 0.25) is 0 Å². The second kappa shape index (κ2) is 4.21. The number of benzene rings is 2. The van der Waals surface area contributed by atoms with Crippen molar-refractivity contribution in [3.05, 3.63) is 67.1 Å². The number of nitrogens with zero attached hydrogens (tertiary/aromatic N) is 1. The summed E-state index contributed by atoms with van der Waals surface area (Å²) < 4.78 is 0. The van der Waals surface area contributed by atoms with Crippen LogP contribution in [0.4, 0.5) is 0 Å². The summed E-state index contributed by atoms with van der Waals surface area (Å²) in [5.41, 5.74) is 5.85. The lowest BCUT2D eigenvalue weighted by Crippen LogP contribution is -1.75. The number of hydrogen-bond acceptors (Lipinski definition) is 1. The first kappa shape index (κ1) is 11.6. The Hall–Kier alpha value is -3.07. The minimum atomic E-state index is 1.07. The van der Waals surface area contributed by atoms with Crippen LogP contribution in [-0.2, 0) is 0 Å². The number of hydrogen-bond donors (Lipinski definition) is 2. The topological polar surface area (TPSA) is 44.5 Å². The number of pyridine rings is 1. The highest BCUT2D eigenvalue weighted by atomic mass is 14.8. The first-order valence-corrected chi connectivity index (χ1v) is 7.33. The van der Waals surface area contributed by atoms with Gasteiger partial charge in [0.1, 0.15) is 0 Å². The fourth-order valence-corrected chi connectivity index (χ4v) is 3.30. The summed E-state index contributed by atoms with van der Waals surface area (Å²) >= 11 is 0. The molecule has 2 N–H and O–H groups in total. The van der Waals surface area contributed by atoms with Gasteiger partial charge in [-0.2, -0.15) is 0 Å². The standard InChI is InChI=1S/C19H13N3/c1-2-4-12(5-3-1)15-10-21-19-13(15)6-7-16-18(19)14-8-9-20-11-17(14)22-16/h1-11,21-22H. The maximum atomic E-state index is 4.20. The van der Waals surface area contributed by atoms with E-state index in [4.69, 9.17) is 0 Å². The lowest BCUT2D eigenvalue weighted by molar-refractivity contribution is 1.35. The smallest absolute Gasteiger partial charge is 0.0652 e. The van der Waals surface area contributed by atoms with Gasteiger partial charge in [0.05, 0.1) is 17.2 Å². The van der Waals surface area contributed by atoms with Gasteiger partial charge in [0.15, 0.2) is 0 Å². The van der Waals surface area contributed by atoms with E-state index in [1.807, 2.05) is 18.5 Å². The van der Waals surface area contributed by atoms with E-state index < -0.39 is 0 Å². The summed E-state index contributed by atoms with van der Waals surface area (Å²) in [7, 11) is 0. The Kier molecular flexibility index (Phi) is 2.22. The van der Waals surface area contributed by atoms with Crippen molar-refractivity contribution in [1.82, 2.24) is 15.0 Å². The van der Waals surface area contributed by atoms with E-state index in [0.717, 1.165) is 11.0 Å². The third-order valence-corrected chi connectivity index (χ3v) is 4.30. The fraction of sp³-hybridized carbons (Fsp3) is 0. The minimum Gasteiger partial charge on any atom is -0.360 e. The van der Waals surface area contributed by atoms with Gasteiger partial charge in [-0.05, 0) is 17.7 Å². The summed E-state index contributed by atoms with van der Waals surface area (Å²) in [5.74, 6) is 0. The van der Waals surface area contributed by atoms with E-state index in [1.165, 1.54) is 32.8 Å². The maximum absolute atomic E-state index is 4.20. The molecule has 0 aliphatic rings. The van der Waals surface area contributed by atoms with Gasteiger partial charge < -0.3 is 9.97 Å². The lowest BCUT2D eigenvalue weighted by Gasteiger charge is -2.00. The minimum absolute atomic E-state index is 1.07. The zero-order chi connectivity index (χ0) is 14.5. The number of H-pyrrole nitrogens is 2. The zero-order valence-corrected chi connectivity index (χ0v) is 11.8. The molecule has 0 saturated heterocycles. The highest BCUT2D eigenvalue weighted by Gasteiger charge is 2.12. The van der Waals surface area contributed by atoms with Crippen molar-refractivity contribution >= 4 is 32.7 Å². The Morgan fingerprint density at radius 3 is 2.64 bits per heavy atom. The van der Waals surface area contributed by atoms with Crippen molar-refractivity contribution in [3.8, 4) is 11.1 Å². The molecule has 3 heteroatoms. The van der Waals surface area contributed by atoms with Crippen molar-refractivity contribution in [2.75, 3.05) is 0 Å². The SMILES string of the molecule is c1ccc(-c2c[nH]c3c2ccc2[nH]c4cnccc4c23)cc1. The normalized spacial score (nSPS) is 11.6. The average molecular weight is 283 g/mol. The number of aromatic nitrogens is 3. The molecule has 0 atom stereocenters. The highest BCUT2D eigenvalue weighted by molar-refractivity contribution is 6.20. The molecule has 0 aliphatic carbocycles. The van der Waals surface area contributed by atoms with E-state index in [0.29, 0.717) is 0 Å². The Bertz CT molecular complexity index is 1120. The van der Waals surface area contributed by atoms with Gasteiger partial charge in [0, 0.05) is 39.6 Å². The first-order chi connectivity index (χ1) is 10.9. The molecule has 3 heterocycles. The van der Waals surface area contributed by atoms with Crippen LogP contribution in [0.3, 0.4) is 0 Å². The van der Waals surface area contributed by atoms with Crippen molar-refractivity contribution in [1.29, 1.82) is 0 Å². The molecule has 0 saturated carbocycles. The zero-order valence-electron chi connectivity index (χ0n) is 11.8. The van der Waals surface area contributed by atoms with Gasteiger partial charge in [-0.1, -0.05) is 36.4 Å². The molecule has 104 valence electrons. The molecule has 0 radical (unpaired) electrons. The number of nitrogens with one attached hydrogen (secondary N) is 2. The largest absolute Gasteiger partial charge is 0.360 e. The van der Waals surface area contributed by atoms with Crippen LogP contribution < -0.4 is 0 Å². The average Bonchev–Trinajstić information content (AvgIpc) is 3.16. The molecule has 0 unspecified atom stereocenters. The molecule has 0 bridgehead atoms. The molecule has 3 nitrogen and oxygen atoms in total. The molecule has 2 aromatic carbocycles. The van der Waals surface area contributed by atoms with Crippen LogP contribution in [0, 0.1) is 0 Å². The first-order valence-electron chi connectivity index (χ1n) is 7.33. The van der Waals surface area contributed by atoms with E-state index in [9.17, 15) is 0 Å². The van der Waals surface area contributed by atoms with E-state index in [-0.39, 0.29) is 0 Å². The Morgan fingerprint density at radius 2 is 1.73 bits per heavy atom. The fourth-order valence-electron chi connectivity index (χ4n) is 3.30. The van der Waals surface area contributed by atoms with Crippen LogP contribution in [0.5, 0.6) is 0 Å². The summed E-state index contributed by atoms with van der Waals surface area (Å²) in [5, 5.41) is 3.69. The second-order valence-corrected chi connectivity index (χ2v) is 5.53. The Balaban J connectivity index is 1.93. The van der Waals surface area contributed by atoms with Crippen molar-refractivity contribution in [3.63, 3.8) is 0 Å². The second-order valence-electron chi connectivity index (χ2n) is 5.53. The number of rotatable bonds is 1. The molecule has 0 spiro atoms. The Morgan fingerprint density at radius 1 is 0.818 bits per heavy atom. The quantitative estimate of drug-likeness (QED) is 0.453. The summed E-state index contributed by atoms with van der Waals surface area (Å²) in [6.45, 7) is 0. The molecule has 0 fully saturated rings. The van der Waals surface area contributed by atoms with Gasteiger partial charge in [-0.3, -0.25) is 4.98 Å².